The van der Waals surface area contributed by atoms with Gasteiger partial charge in [0.25, 0.3) is 0 Å². The summed E-state index contributed by atoms with van der Waals surface area (Å²) in [6.45, 7) is 0.504. The SMILES string of the molecule is CN=C(NCC(=O)Nc1cccc(F)c1)NCc1ccccn1.I. The Bertz CT molecular complexity index is 681. The molecule has 0 fully saturated rings. The number of nitrogens with zero attached hydrogens (tertiary/aromatic N) is 2. The van der Waals surface area contributed by atoms with E-state index >= 15 is 0 Å². The van der Waals surface area contributed by atoms with Gasteiger partial charge in [0, 0.05) is 18.9 Å². The molecule has 2 aromatic rings. The van der Waals surface area contributed by atoms with Gasteiger partial charge < -0.3 is 16.0 Å². The molecule has 0 spiro atoms. The fourth-order valence-electron chi connectivity index (χ4n) is 1.83. The van der Waals surface area contributed by atoms with Crippen LogP contribution >= 0.6 is 24.0 Å². The van der Waals surface area contributed by atoms with Crippen LogP contribution in [0.3, 0.4) is 0 Å². The standard InChI is InChI=1S/C16H18FN5O.HI/c1-18-16(20-10-14-6-2-3-8-19-14)21-11-15(23)22-13-7-4-5-12(17)9-13;/h2-9H,10-11H2,1H3,(H,22,23)(H2,18,20,21);1H. The van der Waals surface area contributed by atoms with Gasteiger partial charge in [-0.25, -0.2) is 4.39 Å². The van der Waals surface area contributed by atoms with Crippen LogP contribution < -0.4 is 16.0 Å². The maximum Gasteiger partial charge on any atom is 0.243 e. The van der Waals surface area contributed by atoms with Gasteiger partial charge in [0.1, 0.15) is 5.82 Å². The molecule has 2 rings (SSSR count). The quantitative estimate of drug-likeness (QED) is 0.376. The average molecular weight is 443 g/mol. The van der Waals surface area contributed by atoms with Crippen LogP contribution in [0.1, 0.15) is 5.69 Å². The zero-order valence-corrected chi connectivity index (χ0v) is 15.5. The first kappa shape index (κ1) is 19.8. The predicted molar refractivity (Wildman–Crippen MR) is 103 cm³/mol. The van der Waals surface area contributed by atoms with Crippen molar-refractivity contribution < 1.29 is 9.18 Å². The van der Waals surface area contributed by atoms with Crippen molar-refractivity contribution >= 4 is 41.5 Å². The molecular formula is C16H19FIN5O. The highest BCUT2D eigenvalue weighted by Crippen LogP contribution is 2.08. The van der Waals surface area contributed by atoms with E-state index in [0.29, 0.717) is 18.2 Å². The van der Waals surface area contributed by atoms with Gasteiger partial charge >= 0.3 is 0 Å². The zero-order chi connectivity index (χ0) is 16.5. The molecule has 0 bridgehead atoms. The number of nitrogens with one attached hydrogen (secondary N) is 3. The Kier molecular flexibility index (Phi) is 8.69. The number of pyridine rings is 1. The molecule has 0 atom stereocenters. The van der Waals surface area contributed by atoms with Crippen LogP contribution in [0.25, 0.3) is 0 Å². The molecule has 0 aliphatic heterocycles. The van der Waals surface area contributed by atoms with Crippen LogP contribution in [0.2, 0.25) is 0 Å². The number of hydrogen-bond donors (Lipinski definition) is 3. The Morgan fingerprint density at radius 3 is 2.71 bits per heavy atom. The third-order valence-corrected chi connectivity index (χ3v) is 2.91. The van der Waals surface area contributed by atoms with Gasteiger partial charge in [-0.2, -0.15) is 0 Å². The first-order valence-electron chi connectivity index (χ1n) is 7.07. The molecule has 0 saturated heterocycles. The maximum atomic E-state index is 13.0. The maximum absolute atomic E-state index is 13.0. The van der Waals surface area contributed by atoms with E-state index in [-0.39, 0.29) is 36.4 Å². The van der Waals surface area contributed by atoms with Crippen molar-refractivity contribution in [2.75, 3.05) is 18.9 Å². The van der Waals surface area contributed by atoms with Crippen LogP contribution in [-0.4, -0.2) is 30.4 Å². The Morgan fingerprint density at radius 1 is 1.21 bits per heavy atom. The molecule has 0 unspecified atom stereocenters. The third-order valence-electron chi connectivity index (χ3n) is 2.91. The van der Waals surface area contributed by atoms with E-state index in [4.69, 9.17) is 0 Å². The summed E-state index contributed by atoms with van der Waals surface area (Å²) in [4.78, 5) is 20.0. The van der Waals surface area contributed by atoms with Gasteiger partial charge in [-0.1, -0.05) is 12.1 Å². The molecule has 128 valence electrons. The number of halogens is 2. The Balaban J connectivity index is 0.00000288. The van der Waals surface area contributed by atoms with Crippen molar-refractivity contribution in [2.45, 2.75) is 6.54 Å². The van der Waals surface area contributed by atoms with Crippen LogP contribution in [-0.2, 0) is 11.3 Å². The minimum Gasteiger partial charge on any atom is -0.351 e. The average Bonchev–Trinajstić information content (AvgIpc) is 2.56. The summed E-state index contributed by atoms with van der Waals surface area (Å²) in [6, 6.07) is 11.3. The highest BCUT2D eigenvalue weighted by molar-refractivity contribution is 14.0. The van der Waals surface area contributed by atoms with E-state index in [1.54, 1.807) is 19.3 Å². The first-order valence-corrected chi connectivity index (χ1v) is 7.07. The van der Waals surface area contributed by atoms with Gasteiger partial charge in [-0.3, -0.25) is 14.8 Å². The fourth-order valence-corrected chi connectivity index (χ4v) is 1.83. The summed E-state index contributed by atoms with van der Waals surface area (Å²) in [6.07, 6.45) is 1.71. The molecule has 0 aliphatic rings. The van der Waals surface area contributed by atoms with Gasteiger partial charge in [0.2, 0.25) is 5.91 Å². The van der Waals surface area contributed by atoms with Crippen LogP contribution in [0.5, 0.6) is 0 Å². The topological polar surface area (TPSA) is 78.4 Å². The van der Waals surface area contributed by atoms with Crippen LogP contribution in [0.15, 0.2) is 53.7 Å². The zero-order valence-electron chi connectivity index (χ0n) is 13.1. The minimum absolute atomic E-state index is 0. The molecule has 1 aromatic carbocycles. The molecule has 0 radical (unpaired) electrons. The highest BCUT2D eigenvalue weighted by atomic mass is 127. The number of hydrogen-bond acceptors (Lipinski definition) is 3. The molecule has 1 heterocycles. The first-order chi connectivity index (χ1) is 11.2. The third kappa shape index (κ3) is 6.90. The predicted octanol–water partition coefficient (Wildman–Crippen LogP) is 2.14. The van der Waals surface area contributed by atoms with Crippen molar-refractivity contribution in [1.82, 2.24) is 15.6 Å². The Morgan fingerprint density at radius 2 is 2.04 bits per heavy atom. The monoisotopic (exact) mass is 443 g/mol. The molecule has 1 amide bonds. The smallest absolute Gasteiger partial charge is 0.243 e. The van der Waals surface area contributed by atoms with Crippen molar-refractivity contribution in [3.05, 3.63) is 60.2 Å². The normalized spacial score (nSPS) is 10.5. The van der Waals surface area contributed by atoms with E-state index in [0.717, 1.165) is 5.69 Å². The molecule has 6 nitrogen and oxygen atoms in total. The largest absolute Gasteiger partial charge is 0.351 e. The lowest BCUT2D eigenvalue weighted by Crippen LogP contribution is -2.41. The molecule has 1 aromatic heterocycles. The molecule has 0 saturated carbocycles. The molecule has 3 N–H and O–H groups in total. The van der Waals surface area contributed by atoms with Crippen LogP contribution in [0.4, 0.5) is 10.1 Å². The van der Waals surface area contributed by atoms with Crippen LogP contribution in [0, 0.1) is 5.82 Å². The summed E-state index contributed by atoms with van der Waals surface area (Å²) in [5, 5.41) is 8.53. The number of amides is 1. The van der Waals surface area contributed by atoms with Crippen molar-refractivity contribution in [3.8, 4) is 0 Å². The lowest BCUT2D eigenvalue weighted by Gasteiger charge is -2.11. The minimum atomic E-state index is -0.399. The lowest BCUT2D eigenvalue weighted by atomic mass is 10.3. The number of rotatable bonds is 5. The highest BCUT2D eigenvalue weighted by Gasteiger charge is 2.05. The molecular weight excluding hydrogens is 424 g/mol. The number of carbonyl (C=O) groups is 1. The number of benzene rings is 1. The van der Waals surface area contributed by atoms with Crippen molar-refractivity contribution in [3.63, 3.8) is 0 Å². The number of guanidine groups is 1. The van der Waals surface area contributed by atoms with Gasteiger partial charge in [0.15, 0.2) is 5.96 Å². The molecule has 24 heavy (non-hydrogen) atoms. The van der Waals surface area contributed by atoms with Crippen molar-refractivity contribution in [1.29, 1.82) is 0 Å². The summed E-state index contributed by atoms with van der Waals surface area (Å²) < 4.78 is 13.0. The number of aromatic nitrogens is 1. The van der Waals surface area contributed by atoms with E-state index in [2.05, 4.69) is 25.9 Å². The van der Waals surface area contributed by atoms with Gasteiger partial charge in [0.05, 0.1) is 18.8 Å². The number of aliphatic imine (C=N–C) groups is 1. The second-order valence-corrected chi connectivity index (χ2v) is 4.66. The lowest BCUT2D eigenvalue weighted by molar-refractivity contribution is -0.115. The summed E-state index contributed by atoms with van der Waals surface area (Å²) in [5.41, 5.74) is 1.27. The van der Waals surface area contributed by atoms with Gasteiger partial charge in [-0.15, -0.1) is 24.0 Å². The second kappa shape index (κ2) is 10.5. The van der Waals surface area contributed by atoms with E-state index < -0.39 is 5.82 Å². The summed E-state index contributed by atoms with van der Waals surface area (Å²) in [5.74, 6) is -0.218. The van der Waals surface area contributed by atoms with Crippen molar-refractivity contribution in [2.24, 2.45) is 4.99 Å². The second-order valence-electron chi connectivity index (χ2n) is 4.66. The Hall–Kier alpha value is -2.23. The summed E-state index contributed by atoms with van der Waals surface area (Å²) >= 11 is 0. The number of anilines is 1. The Labute approximate surface area is 157 Å². The van der Waals surface area contributed by atoms with E-state index in [9.17, 15) is 9.18 Å². The molecule has 0 aliphatic carbocycles. The fraction of sp³-hybridized carbons (Fsp3) is 0.188. The van der Waals surface area contributed by atoms with E-state index in [1.165, 1.54) is 18.2 Å². The number of carbonyl (C=O) groups excluding carboxylic acids is 1. The van der Waals surface area contributed by atoms with Gasteiger partial charge in [-0.05, 0) is 30.3 Å². The molecule has 8 heteroatoms. The van der Waals surface area contributed by atoms with E-state index in [1.807, 2.05) is 18.2 Å². The summed E-state index contributed by atoms with van der Waals surface area (Å²) in [7, 11) is 1.61.